The Morgan fingerprint density at radius 3 is 2.76 bits per heavy atom. The second-order valence-corrected chi connectivity index (χ2v) is 8.88. The standard InChI is InChI=1S/C22H28N4OS.ClH/c1-16-13-17(2)20-19(14-16)24-22(28-20)26(11-6-10-25-12-9-23-15-25)21(27)18-7-4-3-5-8-18;/h9,12-15,18H,3-8,10-11H2,1-2H3;1H. The largest absolute Gasteiger partial charge is 0.337 e. The SMILES string of the molecule is Cc1cc(C)c2sc(N(CCCn3ccnc3)C(=O)C3CCCCC3)nc2c1.Cl. The molecule has 3 aromatic rings. The third-order valence-corrected chi connectivity index (χ3v) is 6.85. The first-order chi connectivity index (χ1) is 13.6. The van der Waals surface area contributed by atoms with Crippen LogP contribution in [0.1, 0.15) is 49.7 Å². The smallest absolute Gasteiger partial charge is 0.231 e. The molecule has 0 N–H and O–H groups in total. The molecule has 0 aliphatic heterocycles. The van der Waals surface area contributed by atoms with Crippen LogP contribution in [0.5, 0.6) is 0 Å². The van der Waals surface area contributed by atoms with E-state index in [4.69, 9.17) is 4.98 Å². The first-order valence-corrected chi connectivity index (χ1v) is 11.1. The summed E-state index contributed by atoms with van der Waals surface area (Å²) in [6, 6.07) is 4.31. The predicted molar refractivity (Wildman–Crippen MR) is 122 cm³/mol. The molecule has 1 aromatic carbocycles. The maximum Gasteiger partial charge on any atom is 0.231 e. The molecule has 1 fully saturated rings. The number of aromatic nitrogens is 3. The Morgan fingerprint density at radius 2 is 2.03 bits per heavy atom. The highest BCUT2D eigenvalue weighted by atomic mass is 35.5. The number of fused-ring (bicyclic) bond motifs is 1. The van der Waals surface area contributed by atoms with Crippen molar-refractivity contribution in [3.8, 4) is 0 Å². The van der Waals surface area contributed by atoms with Crippen molar-refractivity contribution < 1.29 is 4.79 Å². The zero-order valence-corrected chi connectivity index (χ0v) is 18.8. The topological polar surface area (TPSA) is 51.0 Å². The summed E-state index contributed by atoms with van der Waals surface area (Å²) >= 11 is 1.66. The van der Waals surface area contributed by atoms with E-state index in [0.29, 0.717) is 6.54 Å². The molecule has 156 valence electrons. The predicted octanol–water partition coefficient (Wildman–Crippen LogP) is 5.54. The Balaban J connectivity index is 0.00000240. The van der Waals surface area contributed by atoms with Crippen molar-refractivity contribution in [2.75, 3.05) is 11.4 Å². The fourth-order valence-corrected chi connectivity index (χ4v) is 5.23. The van der Waals surface area contributed by atoms with Gasteiger partial charge in [0.15, 0.2) is 5.13 Å². The molecule has 5 nitrogen and oxygen atoms in total. The fraction of sp³-hybridized carbons (Fsp3) is 0.500. The third kappa shape index (κ3) is 4.98. The summed E-state index contributed by atoms with van der Waals surface area (Å²) in [6.45, 7) is 5.79. The molecular weight excluding hydrogens is 404 g/mol. The molecule has 0 bridgehead atoms. The van der Waals surface area contributed by atoms with Crippen LogP contribution in [0.15, 0.2) is 30.9 Å². The molecule has 0 radical (unpaired) electrons. The second-order valence-electron chi connectivity index (χ2n) is 7.91. The van der Waals surface area contributed by atoms with Gasteiger partial charge in [0.2, 0.25) is 5.91 Å². The Labute approximate surface area is 182 Å². The lowest BCUT2D eigenvalue weighted by atomic mass is 9.88. The minimum Gasteiger partial charge on any atom is -0.337 e. The third-order valence-electron chi connectivity index (χ3n) is 5.62. The normalized spacial score (nSPS) is 14.7. The van der Waals surface area contributed by atoms with Crippen LogP contribution in [0.25, 0.3) is 10.2 Å². The van der Waals surface area contributed by atoms with Crippen LogP contribution >= 0.6 is 23.7 Å². The van der Waals surface area contributed by atoms with Gasteiger partial charge in [-0.25, -0.2) is 9.97 Å². The number of thiazole rings is 1. The Hall–Kier alpha value is -1.92. The number of nitrogens with zero attached hydrogens (tertiary/aromatic N) is 4. The maximum absolute atomic E-state index is 13.4. The zero-order chi connectivity index (χ0) is 19.5. The van der Waals surface area contributed by atoms with Gasteiger partial charge < -0.3 is 4.57 Å². The lowest BCUT2D eigenvalue weighted by Gasteiger charge is -2.27. The van der Waals surface area contributed by atoms with Gasteiger partial charge in [-0.15, -0.1) is 12.4 Å². The minimum atomic E-state index is 0. The van der Waals surface area contributed by atoms with Crippen molar-refractivity contribution in [3.05, 3.63) is 42.0 Å². The van der Waals surface area contributed by atoms with Gasteiger partial charge in [0.05, 0.1) is 16.5 Å². The highest BCUT2D eigenvalue weighted by Crippen LogP contribution is 2.34. The van der Waals surface area contributed by atoms with Crippen molar-refractivity contribution in [2.24, 2.45) is 5.92 Å². The number of benzene rings is 1. The van der Waals surface area contributed by atoms with E-state index in [0.717, 1.165) is 49.3 Å². The molecule has 29 heavy (non-hydrogen) atoms. The summed E-state index contributed by atoms with van der Waals surface area (Å²) in [4.78, 5) is 24.3. The zero-order valence-electron chi connectivity index (χ0n) is 17.1. The Morgan fingerprint density at radius 1 is 1.24 bits per heavy atom. The summed E-state index contributed by atoms with van der Waals surface area (Å²) in [7, 11) is 0. The summed E-state index contributed by atoms with van der Waals surface area (Å²) < 4.78 is 3.26. The lowest BCUT2D eigenvalue weighted by Crippen LogP contribution is -2.38. The summed E-state index contributed by atoms with van der Waals surface area (Å²) in [5.74, 6) is 0.413. The van der Waals surface area contributed by atoms with Gasteiger partial charge in [0.25, 0.3) is 0 Å². The molecule has 1 aliphatic carbocycles. The minimum absolute atomic E-state index is 0. The summed E-state index contributed by atoms with van der Waals surface area (Å²) in [5, 5.41) is 0.852. The second kappa shape index (κ2) is 9.72. The van der Waals surface area contributed by atoms with Crippen molar-refractivity contribution >= 4 is 45.0 Å². The monoisotopic (exact) mass is 432 g/mol. The number of anilines is 1. The average Bonchev–Trinajstić information content (AvgIpc) is 3.35. The van der Waals surface area contributed by atoms with Gasteiger partial charge in [-0.1, -0.05) is 36.7 Å². The molecule has 1 aliphatic rings. The van der Waals surface area contributed by atoms with E-state index in [2.05, 4.69) is 35.5 Å². The van der Waals surface area contributed by atoms with Gasteiger partial charge in [0, 0.05) is 31.4 Å². The molecular formula is C22H29ClN4OS. The first-order valence-electron chi connectivity index (χ1n) is 10.3. The molecule has 1 amide bonds. The highest BCUT2D eigenvalue weighted by Gasteiger charge is 2.28. The van der Waals surface area contributed by atoms with Crippen LogP contribution in [-0.2, 0) is 11.3 Å². The van der Waals surface area contributed by atoms with Gasteiger partial charge in [-0.05, 0) is 50.3 Å². The van der Waals surface area contributed by atoms with E-state index >= 15 is 0 Å². The molecule has 0 unspecified atom stereocenters. The van der Waals surface area contributed by atoms with E-state index in [1.807, 2.05) is 17.4 Å². The number of carbonyl (C=O) groups is 1. The highest BCUT2D eigenvalue weighted by molar-refractivity contribution is 7.22. The van der Waals surface area contributed by atoms with E-state index in [1.165, 1.54) is 22.2 Å². The van der Waals surface area contributed by atoms with Crippen molar-refractivity contribution in [3.63, 3.8) is 0 Å². The molecule has 2 heterocycles. The van der Waals surface area contributed by atoms with Crippen molar-refractivity contribution in [1.29, 1.82) is 0 Å². The molecule has 0 atom stereocenters. The van der Waals surface area contributed by atoms with Crippen molar-refractivity contribution in [1.82, 2.24) is 14.5 Å². The van der Waals surface area contributed by atoms with Crippen LogP contribution in [0.3, 0.4) is 0 Å². The molecule has 0 saturated heterocycles. The molecule has 1 saturated carbocycles. The quantitative estimate of drug-likeness (QED) is 0.514. The number of amides is 1. The number of aryl methyl sites for hydroxylation is 3. The van der Waals surface area contributed by atoms with Crippen molar-refractivity contribution in [2.45, 2.75) is 58.9 Å². The van der Waals surface area contributed by atoms with Crippen LogP contribution in [0.4, 0.5) is 5.13 Å². The molecule has 4 rings (SSSR count). The van der Waals surface area contributed by atoms with Crippen LogP contribution in [0.2, 0.25) is 0 Å². The summed E-state index contributed by atoms with van der Waals surface area (Å²) in [6.07, 6.45) is 12.1. The summed E-state index contributed by atoms with van der Waals surface area (Å²) in [5.41, 5.74) is 3.46. The maximum atomic E-state index is 13.4. The van der Waals surface area contributed by atoms with E-state index in [9.17, 15) is 4.79 Å². The molecule has 0 spiro atoms. The average molecular weight is 433 g/mol. The van der Waals surface area contributed by atoms with Crippen LogP contribution in [0, 0.1) is 19.8 Å². The number of rotatable bonds is 6. The van der Waals surface area contributed by atoms with Gasteiger partial charge in [0.1, 0.15) is 0 Å². The molecule has 7 heteroatoms. The lowest BCUT2D eigenvalue weighted by molar-refractivity contribution is -0.123. The first kappa shape index (κ1) is 21.8. The van der Waals surface area contributed by atoms with E-state index in [1.54, 1.807) is 17.5 Å². The number of hydrogen-bond acceptors (Lipinski definition) is 4. The van der Waals surface area contributed by atoms with Crippen LogP contribution in [-0.4, -0.2) is 27.0 Å². The van der Waals surface area contributed by atoms with Crippen LogP contribution < -0.4 is 4.90 Å². The Kier molecular flexibility index (Phi) is 7.30. The molecule has 2 aromatic heterocycles. The fourth-order valence-electron chi connectivity index (χ4n) is 4.18. The number of halogens is 1. The Bertz CT molecular complexity index is 947. The number of imidazole rings is 1. The van der Waals surface area contributed by atoms with Gasteiger partial charge in [-0.2, -0.15) is 0 Å². The number of carbonyl (C=O) groups excluding carboxylic acids is 1. The number of hydrogen-bond donors (Lipinski definition) is 0. The van der Waals surface area contributed by atoms with Gasteiger partial charge in [-0.3, -0.25) is 9.69 Å². The van der Waals surface area contributed by atoms with E-state index in [-0.39, 0.29) is 24.2 Å². The van der Waals surface area contributed by atoms with Gasteiger partial charge >= 0.3 is 0 Å². The van der Waals surface area contributed by atoms with E-state index < -0.39 is 0 Å².